The third-order valence-corrected chi connectivity index (χ3v) is 7.57. The summed E-state index contributed by atoms with van der Waals surface area (Å²) in [5, 5.41) is 15.7. The lowest BCUT2D eigenvalue weighted by atomic mass is 10.0. The fraction of sp³-hybridized carbons (Fsp3) is 0.371. The molecule has 4 rings (SSSR count). The number of hydrogen-bond donors (Lipinski definition) is 3. The van der Waals surface area contributed by atoms with Crippen molar-refractivity contribution < 1.29 is 33.8 Å². The van der Waals surface area contributed by atoms with Crippen LogP contribution >= 0.6 is 0 Å². The van der Waals surface area contributed by atoms with Crippen molar-refractivity contribution in [3.8, 4) is 11.1 Å². The average molecular weight is 616 g/mol. The van der Waals surface area contributed by atoms with Gasteiger partial charge in [0.1, 0.15) is 23.7 Å². The smallest absolute Gasteiger partial charge is 0.408 e. The van der Waals surface area contributed by atoms with Gasteiger partial charge in [-0.25, -0.2) is 9.59 Å². The van der Waals surface area contributed by atoms with E-state index in [2.05, 4.69) is 10.6 Å². The fourth-order valence-electron chi connectivity index (χ4n) is 5.39. The standard InChI is InChI=1S/C35H41N3O7/c1-21(37-34(43)44-30-27-18-12-10-16-25(27)26-17-11-13-19-28(26)30)32(41)38(29(20-39)24-14-8-7-9-15-24)23(3)31(40)36-22(2)33(42)45-35(4,5)6/h7-19,21-23,29-30,39H,20H2,1-6H3,(H,36,40)(H,37,43)/t21-,22-,23-,29-/m0/s1. The number of ether oxygens (including phenoxy) is 2. The van der Waals surface area contributed by atoms with Gasteiger partial charge in [0.15, 0.2) is 6.10 Å². The molecule has 0 saturated heterocycles. The Kier molecular flexibility index (Phi) is 10.3. The Hall–Kier alpha value is -4.70. The Balaban J connectivity index is 1.54. The number of fused-ring (bicyclic) bond motifs is 3. The average Bonchev–Trinajstić information content (AvgIpc) is 3.31. The quantitative estimate of drug-likeness (QED) is 0.282. The highest BCUT2D eigenvalue weighted by Gasteiger charge is 2.38. The van der Waals surface area contributed by atoms with Crippen LogP contribution in [0.15, 0.2) is 78.9 Å². The number of carbonyl (C=O) groups excluding carboxylic acids is 4. The SMILES string of the molecule is C[C@H](NC(=O)[C@H](C)N(C(=O)[C@H](C)NC(=O)OC1c2ccccc2-c2ccccc21)[C@@H](CO)c1ccccc1)C(=O)OC(C)(C)C. The van der Waals surface area contributed by atoms with Gasteiger partial charge in [0.05, 0.1) is 12.6 Å². The topological polar surface area (TPSA) is 134 Å². The lowest BCUT2D eigenvalue weighted by Crippen LogP contribution is -2.57. The van der Waals surface area contributed by atoms with E-state index in [0.717, 1.165) is 22.3 Å². The van der Waals surface area contributed by atoms with Crippen molar-refractivity contribution in [1.29, 1.82) is 0 Å². The summed E-state index contributed by atoms with van der Waals surface area (Å²) in [5.41, 5.74) is 3.44. The lowest BCUT2D eigenvalue weighted by molar-refractivity contribution is -0.158. The van der Waals surface area contributed by atoms with E-state index in [1.807, 2.05) is 48.5 Å². The van der Waals surface area contributed by atoms with E-state index in [-0.39, 0.29) is 0 Å². The molecule has 0 saturated carbocycles. The maximum atomic E-state index is 14.0. The number of benzene rings is 3. The molecule has 45 heavy (non-hydrogen) atoms. The largest absolute Gasteiger partial charge is 0.458 e. The second-order valence-electron chi connectivity index (χ2n) is 12.1. The number of aliphatic hydroxyl groups excluding tert-OH is 1. The van der Waals surface area contributed by atoms with Crippen molar-refractivity contribution in [2.24, 2.45) is 0 Å². The van der Waals surface area contributed by atoms with Crippen molar-refractivity contribution in [3.05, 3.63) is 95.6 Å². The maximum absolute atomic E-state index is 14.0. The summed E-state index contributed by atoms with van der Waals surface area (Å²) in [6, 6.07) is 19.9. The van der Waals surface area contributed by atoms with Gasteiger partial charge in [0, 0.05) is 11.1 Å². The van der Waals surface area contributed by atoms with Gasteiger partial charge in [-0.15, -0.1) is 0 Å². The molecule has 3 amide bonds. The summed E-state index contributed by atoms with van der Waals surface area (Å²) >= 11 is 0. The Labute approximate surface area is 263 Å². The molecule has 0 aromatic heterocycles. The molecule has 3 aromatic carbocycles. The molecule has 0 unspecified atom stereocenters. The van der Waals surface area contributed by atoms with Crippen LogP contribution in [-0.4, -0.2) is 64.2 Å². The summed E-state index contributed by atoms with van der Waals surface area (Å²) < 4.78 is 11.2. The molecule has 3 aromatic rings. The first kappa shape index (κ1) is 33.2. The predicted molar refractivity (Wildman–Crippen MR) is 169 cm³/mol. The minimum atomic E-state index is -1.14. The fourth-order valence-corrected chi connectivity index (χ4v) is 5.39. The molecule has 0 aliphatic heterocycles. The number of amides is 3. The summed E-state index contributed by atoms with van der Waals surface area (Å²) in [7, 11) is 0. The number of aliphatic hydroxyl groups is 1. The number of rotatable bonds is 10. The Morgan fingerprint density at radius 1 is 0.800 bits per heavy atom. The van der Waals surface area contributed by atoms with Gasteiger partial charge in [0.2, 0.25) is 11.8 Å². The molecule has 1 aliphatic rings. The van der Waals surface area contributed by atoms with Crippen molar-refractivity contribution in [3.63, 3.8) is 0 Å². The monoisotopic (exact) mass is 615 g/mol. The van der Waals surface area contributed by atoms with E-state index in [1.165, 1.54) is 25.7 Å². The number of hydrogen-bond acceptors (Lipinski definition) is 7. The Morgan fingerprint density at radius 3 is 1.87 bits per heavy atom. The molecule has 1 aliphatic carbocycles. The molecule has 10 heteroatoms. The summed E-state index contributed by atoms with van der Waals surface area (Å²) in [6.07, 6.45) is -1.48. The van der Waals surface area contributed by atoms with Crippen LogP contribution in [0.3, 0.4) is 0 Å². The molecule has 3 N–H and O–H groups in total. The number of esters is 1. The van der Waals surface area contributed by atoms with E-state index in [9.17, 15) is 24.3 Å². The maximum Gasteiger partial charge on any atom is 0.408 e. The molecule has 0 radical (unpaired) electrons. The van der Waals surface area contributed by atoms with Crippen LogP contribution in [-0.2, 0) is 23.9 Å². The summed E-state index contributed by atoms with van der Waals surface area (Å²) in [5.74, 6) is -1.89. The van der Waals surface area contributed by atoms with Crippen LogP contribution in [0.25, 0.3) is 11.1 Å². The van der Waals surface area contributed by atoms with E-state index >= 15 is 0 Å². The van der Waals surface area contributed by atoms with Crippen LogP contribution in [0.5, 0.6) is 0 Å². The highest BCUT2D eigenvalue weighted by Crippen LogP contribution is 2.45. The molecule has 10 nitrogen and oxygen atoms in total. The van der Waals surface area contributed by atoms with Crippen LogP contribution in [0, 0.1) is 0 Å². The number of alkyl carbamates (subject to hydrolysis) is 1. The number of nitrogens with one attached hydrogen (secondary N) is 2. The molecule has 0 heterocycles. The molecule has 0 spiro atoms. The first-order valence-corrected chi connectivity index (χ1v) is 15.0. The van der Waals surface area contributed by atoms with Gasteiger partial charge >= 0.3 is 12.1 Å². The minimum absolute atomic E-state index is 0.498. The molecule has 4 atom stereocenters. The van der Waals surface area contributed by atoms with Crippen molar-refractivity contribution in [1.82, 2.24) is 15.5 Å². The minimum Gasteiger partial charge on any atom is -0.458 e. The molecular weight excluding hydrogens is 574 g/mol. The van der Waals surface area contributed by atoms with E-state index < -0.39 is 66.4 Å². The number of nitrogens with zero attached hydrogens (tertiary/aromatic N) is 1. The van der Waals surface area contributed by atoms with E-state index in [4.69, 9.17) is 9.47 Å². The molecular formula is C35H41N3O7. The zero-order valence-electron chi connectivity index (χ0n) is 26.4. The summed E-state index contributed by atoms with van der Waals surface area (Å²) in [4.78, 5) is 54.4. The van der Waals surface area contributed by atoms with Gasteiger partial charge < -0.3 is 30.1 Å². The normalized spacial score (nSPS) is 15.0. The molecule has 0 fully saturated rings. The van der Waals surface area contributed by atoms with Gasteiger partial charge in [-0.3, -0.25) is 9.59 Å². The van der Waals surface area contributed by atoms with Crippen molar-refractivity contribution in [2.75, 3.05) is 6.61 Å². The van der Waals surface area contributed by atoms with Crippen molar-refractivity contribution in [2.45, 2.75) is 77.4 Å². The second kappa shape index (κ2) is 13.9. The molecule has 238 valence electrons. The van der Waals surface area contributed by atoms with Gasteiger partial charge in [-0.1, -0.05) is 78.9 Å². The van der Waals surface area contributed by atoms with Crippen LogP contribution in [0.2, 0.25) is 0 Å². The molecule has 0 bridgehead atoms. The highest BCUT2D eigenvalue weighted by molar-refractivity contribution is 5.93. The van der Waals surface area contributed by atoms with E-state index in [1.54, 1.807) is 51.1 Å². The lowest BCUT2D eigenvalue weighted by Gasteiger charge is -2.37. The highest BCUT2D eigenvalue weighted by atomic mass is 16.6. The van der Waals surface area contributed by atoms with Crippen LogP contribution in [0.4, 0.5) is 4.79 Å². The van der Waals surface area contributed by atoms with E-state index in [0.29, 0.717) is 5.56 Å². The van der Waals surface area contributed by atoms with Gasteiger partial charge in [-0.2, -0.15) is 0 Å². The van der Waals surface area contributed by atoms with Gasteiger partial charge in [-0.05, 0) is 58.2 Å². The summed E-state index contributed by atoms with van der Waals surface area (Å²) in [6.45, 7) is 9.14. The third kappa shape index (κ3) is 7.69. The third-order valence-electron chi connectivity index (χ3n) is 7.57. The van der Waals surface area contributed by atoms with Gasteiger partial charge in [0.25, 0.3) is 0 Å². The zero-order chi connectivity index (χ0) is 32.9. The van der Waals surface area contributed by atoms with Crippen LogP contribution in [0.1, 0.15) is 70.4 Å². The first-order valence-electron chi connectivity index (χ1n) is 15.0. The second-order valence-corrected chi connectivity index (χ2v) is 12.1. The zero-order valence-corrected chi connectivity index (χ0v) is 26.4. The predicted octanol–water partition coefficient (Wildman–Crippen LogP) is 4.67. The Bertz CT molecular complexity index is 1490. The first-order chi connectivity index (χ1) is 21.3. The van der Waals surface area contributed by atoms with Crippen molar-refractivity contribution >= 4 is 23.9 Å². The van der Waals surface area contributed by atoms with Crippen LogP contribution < -0.4 is 10.6 Å². The number of carbonyl (C=O) groups is 4. The Morgan fingerprint density at radius 2 is 1.33 bits per heavy atom.